The van der Waals surface area contributed by atoms with Crippen molar-refractivity contribution in [3.05, 3.63) is 35.4 Å². The smallest absolute Gasteiger partial charge is 0.254 e. The fourth-order valence-corrected chi connectivity index (χ4v) is 2.58. The molecule has 16 heavy (non-hydrogen) atoms. The van der Waals surface area contributed by atoms with Crippen LogP contribution in [0.2, 0.25) is 0 Å². The molecule has 2 rings (SSSR count). The molecule has 86 valence electrons. The normalized spacial score (nSPS) is 19.4. The molecule has 1 amide bonds. The van der Waals surface area contributed by atoms with Crippen LogP contribution in [0.5, 0.6) is 0 Å². The first kappa shape index (κ1) is 11.2. The molecule has 1 atom stereocenters. The van der Waals surface area contributed by atoms with E-state index in [4.69, 9.17) is 0 Å². The highest BCUT2D eigenvalue weighted by Crippen LogP contribution is 2.37. The molecule has 2 heteroatoms. The third-order valence-corrected chi connectivity index (χ3v) is 3.24. The molecule has 0 fully saturated rings. The van der Waals surface area contributed by atoms with Crippen molar-refractivity contribution in [3.63, 3.8) is 0 Å². The number of hydrogen-bond acceptors (Lipinski definition) is 1. The van der Waals surface area contributed by atoms with Gasteiger partial charge in [0.2, 0.25) is 0 Å². The molecule has 1 aromatic rings. The van der Waals surface area contributed by atoms with Crippen LogP contribution in [-0.4, -0.2) is 16.8 Å². The summed E-state index contributed by atoms with van der Waals surface area (Å²) >= 11 is 0. The van der Waals surface area contributed by atoms with Gasteiger partial charge in [0.25, 0.3) is 5.91 Å². The Morgan fingerprint density at radius 3 is 2.62 bits per heavy atom. The van der Waals surface area contributed by atoms with E-state index in [2.05, 4.69) is 26.8 Å². The summed E-state index contributed by atoms with van der Waals surface area (Å²) in [6, 6.07) is 8.58. The molecule has 1 heterocycles. The summed E-state index contributed by atoms with van der Waals surface area (Å²) in [7, 11) is 0. The maximum Gasteiger partial charge on any atom is 0.254 e. The highest BCUT2D eigenvalue weighted by Gasteiger charge is 2.36. The van der Waals surface area contributed by atoms with Crippen LogP contribution >= 0.6 is 0 Å². The molecule has 1 aromatic carbocycles. The number of amides is 1. The van der Waals surface area contributed by atoms with Crippen LogP contribution in [0.4, 0.5) is 0 Å². The molecule has 0 spiro atoms. The fourth-order valence-electron chi connectivity index (χ4n) is 2.58. The van der Waals surface area contributed by atoms with Gasteiger partial charge in [-0.2, -0.15) is 0 Å². The summed E-state index contributed by atoms with van der Waals surface area (Å²) in [5.41, 5.74) is 2.11. The van der Waals surface area contributed by atoms with Crippen molar-refractivity contribution < 1.29 is 4.79 Å². The van der Waals surface area contributed by atoms with E-state index in [0.717, 1.165) is 18.4 Å². The minimum Gasteiger partial charge on any atom is -0.329 e. The first-order chi connectivity index (χ1) is 7.66. The summed E-state index contributed by atoms with van der Waals surface area (Å²) in [5, 5.41) is 0. The fraction of sp³-hybridized carbons (Fsp3) is 0.500. The Balaban J connectivity index is 2.43. The lowest BCUT2D eigenvalue weighted by Gasteiger charge is -2.28. The van der Waals surface area contributed by atoms with Gasteiger partial charge in [0.05, 0.1) is 6.04 Å². The van der Waals surface area contributed by atoms with Crippen molar-refractivity contribution in [2.24, 2.45) is 0 Å². The number of benzene rings is 1. The SMILES string of the molecule is CCCC1c2ccccc2C(=O)N1C(C)C. The Bertz CT molecular complexity index is 397. The van der Waals surface area contributed by atoms with E-state index in [9.17, 15) is 4.79 Å². The van der Waals surface area contributed by atoms with Crippen molar-refractivity contribution in [3.8, 4) is 0 Å². The van der Waals surface area contributed by atoms with Crippen molar-refractivity contribution in [2.45, 2.75) is 45.7 Å². The van der Waals surface area contributed by atoms with Crippen LogP contribution in [-0.2, 0) is 0 Å². The van der Waals surface area contributed by atoms with Gasteiger partial charge in [-0.25, -0.2) is 0 Å². The second kappa shape index (κ2) is 4.28. The molecular formula is C14H19NO. The van der Waals surface area contributed by atoms with Crippen LogP contribution in [0, 0.1) is 0 Å². The average Bonchev–Trinajstić information content (AvgIpc) is 2.54. The number of carbonyl (C=O) groups is 1. The van der Waals surface area contributed by atoms with Crippen molar-refractivity contribution >= 4 is 5.91 Å². The summed E-state index contributed by atoms with van der Waals surface area (Å²) in [5.74, 6) is 0.198. The lowest BCUT2D eigenvalue weighted by molar-refractivity contribution is 0.0652. The van der Waals surface area contributed by atoms with Crippen LogP contribution < -0.4 is 0 Å². The van der Waals surface area contributed by atoms with E-state index in [1.165, 1.54) is 5.56 Å². The van der Waals surface area contributed by atoms with E-state index in [-0.39, 0.29) is 18.0 Å². The van der Waals surface area contributed by atoms with Gasteiger partial charge in [-0.05, 0) is 31.9 Å². The Morgan fingerprint density at radius 2 is 2.00 bits per heavy atom. The quantitative estimate of drug-likeness (QED) is 0.760. The first-order valence-corrected chi connectivity index (χ1v) is 6.08. The third kappa shape index (κ3) is 1.62. The summed E-state index contributed by atoms with van der Waals surface area (Å²) < 4.78 is 0. The van der Waals surface area contributed by atoms with Crippen LogP contribution in [0.25, 0.3) is 0 Å². The molecule has 1 unspecified atom stereocenters. The standard InChI is InChI=1S/C14H19NO/c1-4-7-13-11-8-5-6-9-12(11)14(16)15(13)10(2)3/h5-6,8-10,13H,4,7H2,1-3H3. The number of hydrogen-bond donors (Lipinski definition) is 0. The van der Waals surface area contributed by atoms with Gasteiger partial charge in [-0.1, -0.05) is 31.5 Å². The minimum atomic E-state index is 0.198. The van der Waals surface area contributed by atoms with Gasteiger partial charge in [-0.3, -0.25) is 4.79 Å². The lowest BCUT2D eigenvalue weighted by atomic mass is 10.0. The number of nitrogens with zero attached hydrogens (tertiary/aromatic N) is 1. The van der Waals surface area contributed by atoms with Crippen molar-refractivity contribution in [1.29, 1.82) is 0 Å². The largest absolute Gasteiger partial charge is 0.329 e. The Morgan fingerprint density at radius 1 is 1.31 bits per heavy atom. The molecule has 0 N–H and O–H groups in total. The third-order valence-electron chi connectivity index (χ3n) is 3.24. The Kier molecular flexibility index (Phi) is 2.99. The molecule has 0 radical (unpaired) electrons. The molecule has 0 saturated heterocycles. The molecule has 0 saturated carbocycles. The zero-order chi connectivity index (χ0) is 11.7. The minimum absolute atomic E-state index is 0.198. The van der Waals surface area contributed by atoms with Gasteiger partial charge in [0.15, 0.2) is 0 Å². The molecule has 0 bridgehead atoms. The maximum absolute atomic E-state index is 12.2. The number of rotatable bonds is 3. The Hall–Kier alpha value is -1.31. The zero-order valence-corrected chi connectivity index (χ0v) is 10.2. The van der Waals surface area contributed by atoms with Crippen molar-refractivity contribution in [2.75, 3.05) is 0 Å². The molecule has 0 aromatic heterocycles. The van der Waals surface area contributed by atoms with Crippen LogP contribution in [0.1, 0.15) is 55.6 Å². The second-order valence-corrected chi connectivity index (χ2v) is 4.70. The molecule has 1 aliphatic heterocycles. The summed E-state index contributed by atoms with van der Waals surface area (Å²) in [4.78, 5) is 14.3. The van der Waals surface area contributed by atoms with E-state index < -0.39 is 0 Å². The monoisotopic (exact) mass is 217 g/mol. The number of carbonyl (C=O) groups excluding carboxylic acids is 1. The second-order valence-electron chi connectivity index (χ2n) is 4.70. The topological polar surface area (TPSA) is 20.3 Å². The molecule has 1 aliphatic rings. The van der Waals surface area contributed by atoms with E-state index >= 15 is 0 Å². The van der Waals surface area contributed by atoms with Crippen molar-refractivity contribution in [1.82, 2.24) is 4.90 Å². The van der Waals surface area contributed by atoms with Gasteiger partial charge < -0.3 is 4.90 Å². The maximum atomic E-state index is 12.2. The van der Waals surface area contributed by atoms with Gasteiger partial charge >= 0.3 is 0 Å². The molecule has 0 aliphatic carbocycles. The lowest BCUT2D eigenvalue weighted by Crippen LogP contribution is -2.34. The first-order valence-electron chi connectivity index (χ1n) is 6.08. The summed E-state index contributed by atoms with van der Waals surface area (Å²) in [6.07, 6.45) is 2.16. The van der Waals surface area contributed by atoms with Crippen LogP contribution in [0.3, 0.4) is 0 Å². The van der Waals surface area contributed by atoms with Crippen LogP contribution in [0.15, 0.2) is 24.3 Å². The average molecular weight is 217 g/mol. The van der Waals surface area contributed by atoms with Gasteiger partial charge in [0, 0.05) is 11.6 Å². The highest BCUT2D eigenvalue weighted by atomic mass is 16.2. The van der Waals surface area contributed by atoms with Gasteiger partial charge in [-0.15, -0.1) is 0 Å². The summed E-state index contributed by atoms with van der Waals surface area (Å²) in [6.45, 7) is 6.35. The molecule has 2 nitrogen and oxygen atoms in total. The molecular weight excluding hydrogens is 198 g/mol. The Labute approximate surface area is 97.3 Å². The highest BCUT2D eigenvalue weighted by molar-refractivity contribution is 5.99. The zero-order valence-electron chi connectivity index (χ0n) is 10.2. The predicted octanol–water partition coefficient (Wildman–Crippen LogP) is 3.39. The van der Waals surface area contributed by atoms with E-state index in [1.54, 1.807) is 0 Å². The number of fused-ring (bicyclic) bond motifs is 1. The van der Waals surface area contributed by atoms with E-state index in [1.807, 2.05) is 23.1 Å². The van der Waals surface area contributed by atoms with E-state index in [0.29, 0.717) is 0 Å². The van der Waals surface area contributed by atoms with Gasteiger partial charge in [0.1, 0.15) is 0 Å². The predicted molar refractivity (Wildman–Crippen MR) is 65.4 cm³/mol.